The molecule has 2 rings (SSSR count). The van der Waals surface area contributed by atoms with Crippen LogP contribution in [-0.4, -0.2) is 24.1 Å². The van der Waals surface area contributed by atoms with Crippen LogP contribution in [0.2, 0.25) is 5.02 Å². The second-order valence-corrected chi connectivity index (χ2v) is 6.25. The summed E-state index contributed by atoms with van der Waals surface area (Å²) < 4.78 is 0. The third-order valence-corrected chi connectivity index (χ3v) is 4.98. The molecule has 5 heteroatoms. The lowest BCUT2D eigenvalue weighted by molar-refractivity contribution is 0.313. The van der Waals surface area contributed by atoms with Crippen molar-refractivity contribution in [3.8, 4) is 0 Å². The molecule has 0 heterocycles. The number of rotatable bonds is 4. The van der Waals surface area contributed by atoms with E-state index < -0.39 is 0 Å². The van der Waals surface area contributed by atoms with Gasteiger partial charge in [-0.2, -0.15) is 0 Å². The maximum atomic E-state index is 8.72. The molecule has 1 aliphatic carbocycles. The van der Waals surface area contributed by atoms with Crippen LogP contribution in [0.3, 0.4) is 0 Å². The number of anilines is 1. The summed E-state index contributed by atoms with van der Waals surface area (Å²) in [6.07, 6.45) is 6.31. The Morgan fingerprint density at radius 3 is 2.57 bits per heavy atom. The predicted molar refractivity (Wildman–Crippen MR) is 88.4 cm³/mol. The molecule has 0 unspecified atom stereocenters. The van der Waals surface area contributed by atoms with E-state index in [1.54, 1.807) is 6.07 Å². The minimum Gasteiger partial charge on any atom is -0.409 e. The molecule has 1 aliphatic rings. The summed E-state index contributed by atoms with van der Waals surface area (Å²) in [5.41, 5.74) is 7.23. The van der Waals surface area contributed by atoms with E-state index in [2.05, 4.69) is 24.0 Å². The molecule has 0 atom stereocenters. The third kappa shape index (κ3) is 3.62. The molecule has 4 nitrogen and oxygen atoms in total. The zero-order chi connectivity index (χ0) is 15.4. The largest absolute Gasteiger partial charge is 0.409 e. The van der Waals surface area contributed by atoms with Gasteiger partial charge in [0.1, 0.15) is 0 Å². The Balaban J connectivity index is 2.11. The fourth-order valence-electron chi connectivity index (χ4n) is 3.15. The molecular weight excluding hydrogens is 286 g/mol. The van der Waals surface area contributed by atoms with Gasteiger partial charge in [0.25, 0.3) is 0 Å². The molecule has 0 saturated heterocycles. The van der Waals surface area contributed by atoms with Gasteiger partial charge < -0.3 is 15.8 Å². The number of halogens is 1. The van der Waals surface area contributed by atoms with E-state index in [1.165, 1.54) is 32.1 Å². The minimum absolute atomic E-state index is 0.0783. The highest BCUT2D eigenvalue weighted by molar-refractivity contribution is 6.33. The van der Waals surface area contributed by atoms with Crippen LogP contribution in [0, 0.1) is 5.92 Å². The first kappa shape index (κ1) is 16.0. The zero-order valence-corrected chi connectivity index (χ0v) is 13.5. The molecule has 116 valence electrons. The Morgan fingerprint density at radius 2 is 2.05 bits per heavy atom. The maximum Gasteiger partial charge on any atom is 0.170 e. The number of nitrogens with zero attached hydrogens (tertiary/aromatic N) is 2. The van der Waals surface area contributed by atoms with Crippen LogP contribution in [0.4, 0.5) is 5.69 Å². The van der Waals surface area contributed by atoms with Gasteiger partial charge in [-0.15, -0.1) is 0 Å². The molecule has 0 bridgehead atoms. The Hall–Kier alpha value is -1.42. The molecule has 1 aromatic carbocycles. The van der Waals surface area contributed by atoms with Crippen molar-refractivity contribution in [2.24, 2.45) is 16.8 Å². The Labute approximate surface area is 131 Å². The molecule has 3 N–H and O–H groups in total. The number of hydrogen-bond donors (Lipinski definition) is 2. The van der Waals surface area contributed by atoms with E-state index in [9.17, 15) is 0 Å². The Morgan fingerprint density at radius 1 is 1.38 bits per heavy atom. The van der Waals surface area contributed by atoms with Crippen molar-refractivity contribution in [2.75, 3.05) is 11.9 Å². The third-order valence-electron chi connectivity index (χ3n) is 4.67. The molecule has 0 spiro atoms. The number of nitrogens with two attached hydrogens (primary N) is 1. The number of amidine groups is 1. The fraction of sp³-hybridized carbons (Fsp3) is 0.562. The van der Waals surface area contributed by atoms with E-state index in [0.29, 0.717) is 16.6 Å². The van der Waals surface area contributed by atoms with Gasteiger partial charge in [0.15, 0.2) is 5.84 Å². The van der Waals surface area contributed by atoms with Crippen molar-refractivity contribution in [2.45, 2.75) is 45.1 Å². The average Bonchev–Trinajstić information content (AvgIpc) is 2.53. The van der Waals surface area contributed by atoms with Crippen LogP contribution < -0.4 is 10.6 Å². The molecule has 0 amide bonds. The normalized spacial score (nSPS) is 23.1. The van der Waals surface area contributed by atoms with Crippen molar-refractivity contribution in [1.82, 2.24) is 0 Å². The summed E-state index contributed by atoms with van der Waals surface area (Å²) >= 11 is 6.37. The molecule has 1 saturated carbocycles. The summed E-state index contributed by atoms with van der Waals surface area (Å²) in [5, 5.41) is 12.4. The van der Waals surface area contributed by atoms with Crippen molar-refractivity contribution in [1.29, 1.82) is 0 Å². The zero-order valence-electron chi connectivity index (χ0n) is 12.7. The van der Waals surface area contributed by atoms with Gasteiger partial charge in [-0.25, -0.2) is 0 Å². The maximum absolute atomic E-state index is 8.72. The van der Waals surface area contributed by atoms with Crippen LogP contribution >= 0.6 is 11.6 Å². The lowest BCUT2D eigenvalue weighted by atomic mass is 9.84. The van der Waals surface area contributed by atoms with Gasteiger partial charge in [-0.1, -0.05) is 30.1 Å². The first-order valence-electron chi connectivity index (χ1n) is 7.57. The quantitative estimate of drug-likeness (QED) is 0.384. The Bertz CT molecular complexity index is 510. The van der Waals surface area contributed by atoms with Crippen LogP contribution in [0.15, 0.2) is 23.4 Å². The highest BCUT2D eigenvalue weighted by Crippen LogP contribution is 2.34. The van der Waals surface area contributed by atoms with Crippen molar-refractivity contribution >= 4 is 23.1 Å². The van der Waals surface area contributed by atoms with Gasteiger partial charge in [-0.3, -0.25) is 0 Å². The number of benzene rings is 1. The smallest absolute Gasteiger partial charge is 0.170 e. The van der Waals surface area contributed by atoms with Gasteiger partial charge in [-0.05, 0) is 49.8 Å². The second kappa shape index (κ2) is 7.03. The van der Waals surface area contributed by atoms with E-state index in [4.69, 9.17) is 22.5 Å². The van der Waals surface area contributed by atoms with Crippen LogP contribution in [0.1, 0.15) is 44.6 Å². The van der Waals surface area contributed by atoms with Crippen LogP contribution in [0.5, 0.6) is 0 Å². The fourth-order valence-corrected chi connectivity index (χ4v) is 3.46. The average molecular weight is 310 g/mol. The highest BCUT2D eigenvalue weighted by Gasteiger charge is 2.24. The first-order valence-corrected chi connectivity index (χ1v) is 7.94. The van der Waals surface area contributed by atoms with E-state index >= 15 is 0 Å². The van der Waals surface area contributed by atoms with Crippen molar-refractivity contribution in [3.05, 3.63) is 28.8 Å². The molecule has 1 aromatic rings. The molecule has 0 aliphatic heterocycles. The Kier molecular flexibility index (Phi) is 5.34. The van der Waals surface area contributed by atoms with E-state index in [0.717, 1.165) is 11.6 Å². The molecular formula is C16H24ClN3O. The highest BCUT2D eigenvalue weighted by atomic mass is 35.5. The summed E-state index contributed by atoms with van der Waals surface area (Å²) in [6, 6.07) is 6.08. The molecule has 0 aromatic heterocycles. The first-order chi connectivity index (χ1) is 10.1. The van der Waals surface area contributed by atoms with Crippen LogP contribution in [-0.2, 0) is 0 Å². The summed E-state index contributed by atoms with van der Waals surface area (Å²) in [4.78, 5) is 2.27. The van der Waals surface area contributed by atoms with E-state index in [-0.39, 0.29) is 5.84 Å². The molecule has 1 fully saturated rings. The van der Waals surface area contributed by atoms with Gasteiger partial charge in [0.05, 0.1) is 10.7 Å². The summed E-state index contributed by atoms with van der Waals surface area (Å²) in [7, 11) is 2.10. The van der Waals surface area contributed by atoms with Crippen molar-refractivity contribution < 1.29 is 5.21 Å². The topological polar surface area (TPSA) is 61.8 Å². The van der Waals surface area contributed by atoms with E-state index in [1.807, 2.05) is 12.1 Å². The van der Waals surface area contributed by atoms with Gasteiger partial charge in [0, 0.05) is 18.7 Å². The monoisotopic (exact) mass is 309 g/mol. The lowest BCUT2D eigenvalue weighted by Crippen LogP contribution is -2.35. The minimum atomic E-state index is 0.0783. The van der Waals surface area contributed by atoms with Gasteiger partial charge in [0.2, 0.25) is 0 Å². The predicted octanol–water partition coefficient (Wildman–Crippen LogP) is 3.84. The van der Waals surface area contributed by atoms with Gasteiger partial charge >= 0.3 is 0 Å². The second-order valence-electron chi connectivity index (χ2n) is 5.85. The summed E-state index contributed by atoms with van der Waals surface area (Å²) in [6.45, 7) is 2.28. The molecule has 0 radical (unpaired) electrons. The SMILES string of the molecule is CCC1CCC(N(C)c2ccc(C(N)=NO)cc2Cl)CC1. The van der Waals surface area contributed by atoms with Crippen LogP contribution in [0.25, 0.3) is 0 Å². The molecule has 21 heavy (non-hydrogen) atoms. The van der Waals surface area contributed by atoms with Crippen molar-refractivity contribution in [3.63, 3.8) is 0 Å². The summed E-state index contributed by atoms with van der Waals surface area (Å²) in [5.74, 6) is 0.961. The standard InChI is InChI=1S/C16H24ClN3O/c1-3-11-4-7-13(8-5-11)20(2)15-9-6-12(10-14(15)17)16(18)19-21/h6,9-11,13,21H,3-5,7-8H2,1-2H3,(H2,18,19). The lowest BCUT2D eigenvalue weighted by Gasteiger charge is -2.36. The number of hydrogen-bond acceptors (Lipinski definition) is 3. The number of oxime groups is 1.